The summed E-state index contributed by atoms with van der Waals surface area (Å²) in [5.41, 5.74) is 1.37. The van der Waals surface area contributed by atoms with E-state index in [1.165, 1.54) is 0 Å². The largest absolute Gasteiger partial charge is 0.492 e. The van der Waals surface area contributed by atoms with E-state index in [0.717, 1.165) is 30.9 Å². The van der Waals surface area contributed by atoms with Gasteiger partial charge in [-0.1, -0.05) is 26.0 Å². The molecular formula is C16H25NO2. The van der Waals surface area contributed by atoms with Crippen LogP contribution in [0.1, 0.15) is 27.2 Å². The summed E-state index contributed by atoms with van der Waals surface area (Å²) >= 11 is 0. The van der Waals surface area contributed by atoms with Gasteiger partial charge in [-0.3, -0.25) is 0 Å². The number of aliphatic hydroxyl groups excluding tert-OH is 1. The molecule has 1 fully saturated rings. The number of ether oxygens (including phenoxy) is 1. The molecule has 0 spiro atoms. The van der Waals surface area contributed by atoms with Crippen molar-refractivity contribution in [3.63, 3.8) is 0 Å². The van der Waals surface area contributed by atoms with Crippen molar-refractivity contribution in [3.8, 4) is 5.75 Å². The quantitative estimate of drug-likeness (QED) is 0.906. The Morgan fingerprint density at radius 2 is 2.11 bits per heavy atom. The van der Waals surface area contributed by atoms with Gasteiger partial charge >= 0.3 is 0 Å². The van der Waals surface area contributed by atoms with Crippen LogP contribution >= 0.6 is 0 Å². The van der Waals surface area contributed by atoms with E-state index in [-0.39, 0.29) is 12.0 Å². The van der Waals surface area contributed by atoms with Crippen LogP contribution in [0.4, 0.5) is 5.69 Å². The summed E-state index contributed by atoms with van der Waals surface area (Å²) in [6.45, 7) is 9.35. The number of nitrogens with zero attached hydrogens (tertiary/aromatic N) is 1. The van der Waals surface area contributed by atoms with Gasteiger partial charge in [0, 0.05) is 25.6 Å². The third-order valence-electron chi connectivity index (χ3n) is 4.30. The van der Waals surface area contributed by atoms with Gasteiger partial charge in [-0.05, 0) is 30.9 Å². The predicted molar refractivity (Wildman–Crippen MR) is 78.8 cm³/mol. The van der Waals surface area contributed by atoms with Crippen LogP contribution in [-0.4, -0.2) is 31.4 Å². The van der Waals surface area contributed by atoms with E-state index in [4.69, 9.17) is 4.74 Å². The number of hydrogen-bond acceptors (Lipinski definition) is 3. The van der Waals surface area contributed by atoms with Crippen LogP contribution in [0.3, 0.4) is 0 Å². The Balaban J connectivity index is 2.19. The minimum absolute atomic E-state index is 0.214. The molecule has 1 N–H and O–H groups in total. The smallest absolute Gasteiger partial charge is 0.142 e. The molecule has 106 valence electrons. The molecule has 1 saturated heterocycles. The highest BCUT2D eigenvalue weighted by Gasteiger charge is 2.35. The van der Waals surface area contributed by atoms with Crippen molar-refractivity contribution in [1.29, 1.82) is 0 Å². The molecule has 0 bridgehead atoms. The number of hydrogen-bond donors (Lipinski definition) is 1. The van der Waals surface area contributed by atoms with E-state index in [1.807, 2.05) is 25.1 Å². The first-order chi connectivity index (χ1) is 9.08. The van der Waals surface area contributed by atoms with Crippen LogP contribution in [0.25, 0.3) is 0 Å². The second-order valence-corrected chi connectivity index (χ2v) is 5.96. The van der Waals surface area contributed by atoms with Crippen LogP contribution in [0.5, 0.6) is 5.75 Å². The van der Waals surface area contributed by atoms with Gasteiger partial charge in [0.1, 0.15) is 5.75 Å². The lowest BCUT2D eigenvalue weighted by Gasteiger charge is -2.44. The topological polar surface area (TPSA) is 32.7 Å². The molecule has 0 aliphatic carbocycles. The first kappa shape index (κ1) is 14.2. The van der Waals surface area contributed by atoms with Crippen LogP contribution < -0.4 is 9.64 Å². The van der Waals surface area contributed by atoms with Crippen molar-refractivity contribution in [2.24, 2.45) is 11.3 Å². The van der Waals surface area contributed by atoms with E-state index in [2.05, 4.69) is 24.8 Å². The number of para-hydroxylation sites is 2. The van der Waals surface area contributed by atoms with Crippen LogP contribution in [-0.2, 0) is 0 Å². The second kappa shape index (κ2) is 5.83. The molecule has 2 rings (SSSR count). The van der Waals surface area contributed by atoms with Crippen LogP contribution in [0, 0.1) is 11.3 Å². The summed E-state index contributed by atoms with van der Waals surface area (Å²) in [5, 5.41) is 9.61. The summed E-state index contributed by atoms with van der Waals surface area (Å²) in [5.74, 6) is 1.26. The summed E-state index contributed by atoms with van der Waals surface area (Å²) < 4.78 is 5.71. The summed E-state index contributed by atoms with van der Waals surface area (Å²) in [7, 11) is 0. The number of anilines is 1. The molecule has 0 radical (unpaired) electrons. The zero-order chi connectivity index (χ0) is 13.9. The molecule has 1 aliphatic heterocycles. The molecule has 1 atom stereocenters. The van der Waals surface area contributed by atoms with Crippen molar-refractivity contribution in [2.75, 3.05) is 31.2 Å². The van der Waals surface area contributed by atoms with Gasteiger partial charge in [-0.2, -0.15) is 0 Å². The average Bonchev–Trinajstić information content (AvgIpc) is 2.40. The zero-order valence-electron chi connectivity index (χ0n) is 12.2. The van der Waals surface area contributed by atoms with Gasteiger partial charge in [0.15, 0.2) is 0 Å². The van der Waals surface area contributed by atoms with Crippen LogP contribution in [0.15, 0.2) is 24.3 Å². The molecule has 1 aromatic carbocycles. The SMILES string of the molecule is CCOc1ccccc1N1CCC(C)(C)C(CO)C1. The fourth-order valence-corrected chi connectivity index (χ4v) is 2.75. The first-order valence-electron chi connectivity index (χ1n) is 7.16. The molecule has 1 heterocycles. The molecule has 1 unspecified atom stereocenters. The van der Waals surface area contributed by atoms with E-state index in [9.17, 15) is 5.11 Å². The van der Waals surface area contributed by atoms with Crippen molar-refractivity contribution in [2.45, 2.75) is 27.2 Å². The Hall–Kier alpha value is -1.22. The van der Waals surface area contributed by atoms with E-state index in [1.54, 1.807) is 0 Å². The number of aliphatic hydroxyl groups is 1. The maximum atomic E-state index is 9.61. The monoisotopic (exact) mass is 263 g/mol. The van der Waals surface area contributed by atoms with Gasteiger partial charge in [0.2, 0.25) is 0 Å². The van der Waals surface area contributed by atoms with Gasteiger partial charge in [0.05, 0.1) is 12.3 Å². The second-order valence-electron chi connectivity index (χ2n) is 5.96. The van der Waals surface area contributed by atoms with Crippen molar-refractivity contribution in [1.82, 2.24) is 0 Å². The molecule has 1 aromatic rings. The zero-order valence-corrected chi connectivity index (χ0v) is 12.2. The van der Waals surface area contributed by atoms with Gasteiger partial charge in [0.25, 0.3) is 0 Å². The summed E-state index contributed by atoms with van der Waals surface area (Å²) in [6, 6.07) is 8.18. The molecule has 3 heteroatoms. The average molecular weight is 263 g/mol. The third-order valence-corrected chi connectivity index (χ3v) is 4.30. The molecule has 0 aromatic heterocycles. The molecule has 19 heavy (non-hydrogen) atoms. The third kappa shape index (κ3) is 3.03. The summed E-state index contributed by atoms with van der Waals surface area (Å²) in [6.07, 6.45) is 1.10. The number of piperidine rings is 1. The molecular weight excluding hydrogens is 238 g/mol. The van der Waals surface area contributed by atoms with E-state index < -0.39 is 0 Å². The van der Waals surface area contributed by atoms with E-state index in [0.29, 0.717) is 12.5 Å². The molecule has 1 aliphatic rings. The van der Waals surface area contributed by atoms with Crippen molar-refractivity contribution >= 4 is 5.69 Å². The Morgan fingerprint density at radius 1 is 1.37 bits per heavy atom. The minimum Gasteiger partial charge on any atom is -0.492 e. The lowest BCUT2D eigenvalue weighted by atomic mass is 9.73. The minimum atomic E-state index is 0.214. The van der Waals surface area contributed by atoms with Gasteiger partial charge in [-0.15, -0.1) is 0 Å². The standard InChI is InChI=1S/C16H25NO2/c1-4-19-15-8-6-5-7-14(15)17-10-9-16(2,3)13(11-17)12-18/h5-8,13,18H,4,9-12H2,1-3H3. The number of rotatable bonds is 4. The maximum absolute atomic E-state index is 9.61. The van der Waals surface area contributed by atoms with E-state index >= 15 is 0 Å². The number of benzene rings is 1. The molecule has 3 nitrogen and oxygen atoms in total. The Bertz CT molecular complexity index is 417. The highest BCUT2D eigenvalue weighted by Crippen LogP contribution is 2.39. The molecule has 0 amide bonds. The highest BCUT2D eigenvalue weighted by molar-refractivity contribution is 5.58. The first-order valence-corrected chi connectivity index (χ1v) is 7.16. The van der Waals surface area contributed by atoms with Crippen LogP contribution in [0.2, 0.25) is 0 Å². The Morgan fingerprint density at radius 3 is 2.79 bits per heavy atom. The lowest BCUT2D eigenvalue weighted by molar-refractivity contribution is 0.0965. The van der Waals surface area contributed by atoms with Crippen molar-refractivity contribution < 1.29 is 9.84 Å². The van der Waals surface area contributed by atoms with Gasteiger partial charge in [-0.25, -0.2) is 0 Å². The predicted octanol–water partition coefficient (Wildman–Crippen LogP) is 2.93. The van der Waals surface area contributed by atoms with Gasteiger partial charge < -0.3 is 14.7 Å². The highest BCUT2D eigenvalue weighted by atomic mass is 16.5. The van der Waals surface area contributed by atoms with Crippen molar-refractivity contribution in [3.05, 3.63) is 24.3 Å². The molecule has 0 saturated carbocycles. The fraction of sp³-hybridized carbons (Fsp3) is 0.625. The summed E-state index contributed by atoms with van der Waals surface area (Å²) in [4.78, 5) is 2.34. The Kier molecular flexibility index (Phi) is 4.35. The normalized spacial score (nSPS) is 22.3. The fourth-order valence-electron chi connectivity index (χ4n) is 2.75. The maximum Gasteiger partial charge on any atom is 0.142 e. The lowest BCUT2D eigenvalue weighted by Crippen LogP contribution is -2.46. The Labute approximate surface area is 116 Å².